The van der Waals surface area contributed by atoms with Crippen molar-refractivity contribution in [3.63, 3.8) is 0 Å². The Hall–Kier alpha value is -4.28. The highest BCUT2D eigenvalue weighted by atomic mass is 19.2. The molecule has 4 rings (SSSR count). The first kappa shape index (κ1) is 22.9. The minimum Gasteiger partial charge on any atom is -0.488 e. The number of hydrogen-bond donors (Lipinski definition) is 0. The molecule has 0 aromatic heterocycles. The summed E-state index contributed by atoms with van der Waals surface area (Å²) < 4.78 is 78.7. The summed E-state index contributed by atoms with van der Waals surface area (Å²) >= 11 is 0. The molecule has 0 saturated carbocycles. The van der Waals surface area contributed by atoms with Crippen molar-refractivity contribution >= 4 is 17.5 Å². The molecule has 1 aliphatic heterocycles. The molecule has 0 fully saturated rings. The molecular weight excluding hydrogens is 465 g/mol. The number of rotatable bonds is 5. The van der Waals surface area contributed by atoms with Gasteiger partial charge in [0.05, 0.1) is 16.1 Å². The molecule has 3 aromatic rings. The predicted molar refractivity (Wildman–Crippen MR) is 108 cm³/mol. The number of nitro groups is 1. The standard InChI is InChI=1S/C23H12F5NO5/c1-10-15(33-9-14-17(24)19(26)21(28)20(27)18(14)25)7-6-13-22(30)16(34-23(10)13)8-11-2-4-12(5-3-11)29(31)32/h2-8H,9H2,1H3/b16-8-. The molecule has 0 atom stereocenters. The second kappa shape index (κ2) is 8.58. The van der Waals surface area contributed by atoms with Crippen molar-refractivity contribution in [3.05, 3.63) is 104 Å². The number of benzene rings is 3. The van der Waals surface area contributed by atoms with Crippen LogP contribution in [0.15, 0.2) is 42.2 Å². The lowest BCUT2D eigenvalue weighted by Gasteiger charge is -2.13. The summed E-state index contributed by atoms with van der Waals surface area (Å²) in [6, 6.07) is 8.00. The van der Waals surface area contributed by atoms with Crippen molar-refractivity contribution in [1.29, 1.82) is 0 Å². The highest BCUT2D eigenvalue weighted by Crippen LogP contribution is 2.39. The lowest BCUT2D eigenvalue weighted by atomic mass is 10.1. The van der Waals surface area contributed by atoms with E-state index in [4.69, 9.17) is 9.47 Å². The molecule has 6 nitrogen and oxygen atoms in total. The summed E-state index contributed by atoms with van der Waals surface area (Å²) in [6.45, 7) is 0.514. The third-order valence-corrected chi connectivity index (χ3v) is 5.11. The van der Waals surface area contributed by atoms with Gasteiger partial charge in [-0.15, -0.1) is 0 Å². The monoisotopic (exact) mass is 477 g/mol. The van der Waals surface area contributed by atoms with Gasteiger partial charge in [-0.2, -0.15) is 0 Å². The first-order valence-corrected chi connectivity index (χ1v) is 9.55. The van der Waals surface area contributed by atoms with Crippen molar-refractivity contribution in [1.82, 2.24) is 0 Å². The summed E-state index contributed by atoms with van der Waals surface area (Å²) in [5.74, 6) is -10.9. The number of non-ortho nitro benzene ring substituents is 1. The van der Waals surface area contributed by atoms with Crippen LogP contribution in [-0.2, 0) is 6.61 Å². The fourth-order valence-electron chi connectivity index (χ4n) is 3.29. The number of Topliss-reactive ketones (excluding diaryl/α,β-unsaturated/α-hetero) is 1. The summed E-state index contributed by atoms with van der Waals surface area (Å²) in [5.41, 5.74) is -0.402. The number of carbonyl (C=O) groups excluding carboxylic acids is 1. The second-order valence-corrected chi connectivity index (χ2v) is 7.19. The summed E-state index contributed by atoms with van der Waals surface area (Å²) in [6.07, 6.45) is 1.38. The molecular formula is C23H12F5NO5. The van der Waals surface area contributed by atoms with E-state index in [9.17, 15) is 36.9 Å². The molecule has 0 unspecified atom stereocenters. The SMILES string of the molecule is Cc1c(OCc2c(F)c(F)c(F)c(F)c2F)ccc2c1O/C(=C\c1ccc([N+](=O)[O-])cc1)C2=O. The Morgan fingerprint density at radius 1 is 0.941 bits per heavy atom. The van der Waals surface area contributed by atoms with Gasteiger partial charge in [0.15, 0.2) is 29.0 Å². The van der Waals surface area contributed by atoms with Crippen molar-refractivity contribution in [2.75, 3.05) is 0 Å². The molecule has 1 aliphatic rings. The van der Waals surface area contributed by atoms with Crippen LogP contribution in [0.5, 0.6) is 11.5 Å². The molecule has 1 heterocycles. The van der Waals surface area contributed by atoms with Crippen LogP contribution < -0.4 is 9.47 Å². The summed E-state index contributed by atoms with van der Waals surface area (Å²) in [7, 11) is 0. The quantitative estimate of drug-likeness (QED) is 0.116. The number of halogens is 5. The summed E-state index contributed by atoms with van der Waals surface area (Å²) in [5, 5.41) is 10.8. The maximum atomic E-state index is 13.9. The number of hydrogen-bond acceptors (Lipinski definition) is 5. The Bertz CT molecular complexity index is 1360. The van der Waals surface area contributed by atoms with E-state index in [0.29, 0.717) is 5.56 Å². The van der Waals surface area contributed by atoms with Gasteiger partial charge in [-0.3, -0.25) is 14.9 Å². The number of nitro benzene ring substituents is 1. The number of nitrogens with zero attached hydrogens (tertiary/aromatic N) is 1. The van der Waals surface area contributed by atoms with Gasteiger partial charge >= 0.3 is 0 Å². The zero-order chi connectivity index (χ0) is 24.7. The average Bonchev–Trinajstić information content (AvgIpc) is 3.14. The molecule has 0 amide bonds. The lowest BCUT2D eigenvalue weighted by Crippen LogP contribution is -2.10. The number of allylic oxidation sites excluding steroid dienone is 1. The van der Waals surface area contributed by atoms with E-state index < -0.39 is 52.0 Å². The van der Waals surface area contributed by atoms with E-state index in [1.54, 1.807) is 0 Å². The Kier molecular flexibility index (Phi) is 5.78. The van der Waals surface area contributed by atoms with Crippen molar-refractivity contribution in [2.45, 2.75) is 13.5 Å². The number of ether oxygens (including phenoxy) is 2. The number of carbonyl (C=O) groups is 1. The zero-order valence-electron chi connectivity index (χ0n) is 17.1. The highest BCUT2D eigenvalue weighted by molar-refractivity contribution is 6.15. The van der Waals surface area contributed by atoms with Gasteiger partial charge in [-0.1, -0.05) is 0 Å². The van der Waals surface area contributed by atoms with Gasteiger partial charge in [0.1, 0.15) is 18.1 Å². The van der Waals surface area contributed by atoms with Crippen LogP contribution in [0.25, 0.3) is 6.08 Å². The van der Waals surface area contributed by atoms with Crippen LogP contribution >= 0.6 is 0 Å². The average molecular weight is 477 g/mol. The lowest BCUT2D eigenvalue weighted by molar-refractivity contribution is -0.384. The zero-order valence-corrected chi connectivity index (χ0v) is 17.1. The van der Waals surface area contributed by atoms with E-state index >= 15 is 0 Å². The van der Waals surface area contributed by atoms with Crippen LogP contribution in [0.1, 0.15) is 27.0 Å². The van der Waals surface area contributed by atoms with Gasteiger partial charge in [0.25, 0.3) is 5.69 Å². The van der Waals surface area contributed by atoms with Crippen LogP contribution in [-0.4, -0.2) is 10.7 Å². The van der Waals surface area contributed by atoms with Gasteiger partial charge in [-0.25, -0.2) is 22.0 Å². The van der Waals surface area contributed by atoms with Crippen molar-refractivity contribution in [2.24, 2.45) is 0 Å². The summed E-state index contributed by atoms with van der Waals surface area (Å²) in [4.78, 5) is 22.8. The number of ketones is 1. The van der Waals surface area contributed by atoms with Gasteiger partial charge in [0, 0.05) is 17.7 Å². The van der Waals surface area contributed by atoms with Crippen LogP contribution in [0.3, 0.4) is 0 Å². The topological polar surface area (TPSA) is 78.7 Å². The molecule has 0 aliphatic carbocycles. The van der Waals surface area contributed by atoms with Crippen LogP contribution in [0.4, 0.5) is 27.6 Å². The van der Waals surface area contributed by atoms with E-state index in [0.717, 1.165) is 0 Å². The second-order valence-electron chi connectivity index (χ2n) is 7.19. The Balaban J connectivity index is 1.59. The molecule has 0 saturated heterocycles. The molecule has 174 valence electrons. The molecule has 0 radical (unpaired) electrons. The van der Waals surface area contributed by atoms with Crippen molar-refractivity contribution < 1.29 is 41.1 Å². The van der Waals surface area contributed by atoms with E-state index in [1.165, 1.54) is 49.4 Å². The van der Waals surface area contributed by atoms with E-state index in [1.807, 2.05) is 0 Å². The van der Waals surface area contributed by atoms with Gasteiger partial charge in [-0.05, 0) is 42.8 Å². The molecule has 3 aromatic carbocycles. The Morgan fingerprint density at radius 3 is 2.12 bits per heavy atom. The normalized spacial score (nSPS) is 13.7. The minimum atomic E-state index is -2.27. The fraction of sp³-hybridized carbons (Fsp3) is 0.0870. The molecule has 0 N–H and O–H groups in total. The van der Waals surface area contributed by atoms with Gasteiger partial charge < -0.3 is 9.47 Å². The highest BCUT2D eigenvalue weighted by Gasteiger charge is 2.31. The smallest absolute Gasteiger partial charge is 0.269 e. The molecule has 0 bridgehead atoms. The number of fused-ring (bicyclic) bond motifs is 1. The maximum Gasteiger partial charge on any atom is 0.269 e. The Morgan fingerprint density at radius 2 is 1.53 bits per heavy atom. The third kappa shape index (κ3) is 3.85. The maximum absolute atomic E-state index is 13.9. The minimum absolute atomic E-state index is 0.00734. The Labute approximate surface area is 188 Å². The van der Waals surface area contributed by atoms with Crippen LogP contribution in [0.2, 0.25) is 0 Å². The molecule has 0 spiro atoms. The first-order chi connectivity index (χ1) is 16.1. The van der Waals surface area contributed by atoms with E-state index in [-0.39, 0.29) is 34.1 Å². The first-order valence-electron chi connectivity index (χ1n) is 9.55. The van der Waals surface area contributed by atoms with Crippen LogP contribution in [0, 0.1) is 46.1 Å². The third-order valence-electron chi connectivity index (χ3n) is 5.11. The molecule has 11 heteroatoms. The van der Waals surface area contributed by atoms with E-state index in [2.05, 4.69) is 0 Å². The molecule has 34 heavy (non-hydrogen) atoms. The fourth-order valence-corrected chi connectivity index (χ4v) is 3.29. The van der Waals surface area contributed by atoms with Crippen molar-refractivity contribution in [3.8, 4) is 11.5 Å². The predicted octanol–water partition coefficient (Wildman–Crippen LogP) is 5.79. The van der Waals surface area contributed by atoms with Gasteiger partial charge in [0.2, 0.25) is 11.6 Å². The largest absolute Gasteiger partial charge is 0.488 e.